The van der Waals surface area contributed by atoms with E-state index in [1.54, 1.807) is 12.1 Å². The van der Waals surface area contributed by atoms with Gasteiger partial charge >= 0.3 is 0 Å². The van der Waals surface area contributed by atoms with Gasteiger partial charge in [-0.3, -0.25) is 29.4 Å². The molecule has 0 bridgehead atoms. The maximum absolute atomic E-state index is 13.4. The van der Waals surface area contributed by atoms with Crippen LogP contribution in [-0.4, -0.2) is 71.6 Å². The molecule has 1 N–H and O–H groups in total. The summed E-state index contributed by atoms with van der Waals surface area (Å²) in [6.07, 6.45) is 1.97. The highest BCUT2D eigenvalue weighted by molar-refractivity contribution is 6.23. The first-order chi connectivity index (χ1) is 25.4. The number of carbonyl (C=O) groups is 4. The van der Waals surface area contributed by atoms with E-state index in [9.17, 15) is 19.2 Å². The van der Waals surface area contributed by atoms with E-state index in [-0.39, 0.29) is 29.5 Å². The Bertz CT molecular complexity index is 2210. The van der Waals surface area contributed by atoms with Crippen LogP contribution in [0.1, 0.15) is 75.9 Å². The maximum Gasteiger partial charge on any atom is 0.262 e. The molecule has 0 radical (unpaired) electrons. The number of fused-ring (bicyclic) bond motifs is 1. The molecule has 12 nitrogen and oxygen atoms in total. The number of hydrogen-bond donors (Lipinski definition) is 1. The van der Waals surface area contributed by atoms with Crippen molar-refractivity contribution in [3.63, 3.8) is 0 Å². The number of hydrogen-bond acceptors (Lipinski definition) is 9. The Morgan fingerprint density at radius 2 is 1.72 bits per heavy atom. The van der Waals surface area contributed by atoms with Gasteiger partial charge in [0.25, 0.3) is 17.4 Å². The van der Waals surface area contributed by atoms with Crippen LogP contribution in [0.5, 0.6) is 0 Å². The summed E-state index contributed by atoms with van der Waals surface area (Å²) in [6.45, 7) is 17.9. The van der Waals surface area contributed by atoms with Crippen molar-refractivity contribution >= 4 is 40.7 Å². The molecule has 4 amide bonds. The molecule has 4 aliphatic rings. The van der Waals surface area contributed by atoms with Crippen LogP contribution in [0.3, 0.4) is 0 Å². The fourth-order valence-corrected chi connectivity index (χ4v) is 7.95. The minimum atomic E-state index is -1.00. The normalized spacial score (nSPS) is 19.8. The number of ether oxygens (including phenoxy) is 1. The average Bonchev–Trinajstić information content (AvgIpc) is 3.81. The largest absolute Gasteiger partial charge is 0.370 e. The summed E-state index contributed by atoms with van der Waals surface area (Å²) in [5.41, 5.74) is 7.49. The number of aryl methyl sites for hydroxylation is 3. The molecule has 3 aliphatic heterocycles. The zero-order chi connectivity index (χ0) is 37.2. The molecule has 4 aromatic rings. The molecule has 12 heteroatoms. The van der Waals surface area contributed by atoms with Crippen molar-refractivity contribution in [1.29, 1.82) is 0 Å². The molecule has 0 spiro atoms. The van der Waals surface area contributed by atoms with Crippen molar-refractivity contribution < 1.29 is 28.4 Å². The molecular formula is C41H40N6O6. The second-order valence-corrected chi connectivity index (χ2v) is 14.9. The highest BCUT2D eigenvalue weighted by Crippen LogP contribution is 2.50. The number of carbonyl (C=O) groups excluding carboxylic acids is 4. The topological polar surface area (TPSA) is 130 Å². The van der Waals surface area contributed by atoms with Crippen molar-refractivity contribution in [2.45, 2.75) is 70.6 Å². The Hall–Kier alpha value is -5.80. The lowest BCUT2D eigenvalue weighted by atomic mass is 9.94. The lowest BCUT2D eigenvalue weighted by molar-refractivity contribution is -0.136. The molecular weight excluding hydrogens is 672 g/mol. The number of aromatic nitrogens is 1. The summed E-state index contributed by atoms with van der Waals surface area (Å²) in [4.78, 5) is 59.9. The Morgan fingerprint density at radius 3 is 2.38 bits per heavy atom. The van der Waals surface area contributed by atoms with Gasteiger partial charge in [-0.25, -0.2) is 6.57 Å². The third-order valence-corrected chi connectivity index (χ3v) is 11.1. The maximum atomic E-state index is 13.4. The number of nitrogens with zero attached hydrogens (tertiary/aromatic N) is 5. The van der Waals surface area contributed by atoms with Crippen molar-refractivity contribution in [3.8, 4) is 11.1 Å². The quantitative estimate of drug-likeness (QED) is 0.155. The summed E-state index contributed by atoms with van der Waals surface area (Å²) < 4.78 is 12.1. The molecule has 4 heterocycles. The van der Waals surface area contributed by atoms with Crippen LogP contribution in [0.15, 0.2) is 65.2 Å². The van der Waals surface area contributed by atoms with Crippen molar-refractivity contribution in [3.05, 3.63) is 106 Å². The molecule has 1 atom stereocenters. The smallest absolute Gasteiger partial charge is 0.262 e. The number of piperidine rings is 1. The van der Waals surface area contributed by atoms with Crippen LogP contribution in [0, 0.1) is 27.3 Å². The van der Waals surface area contributed by atoms with E-state index in [2.05, 4.69) is 81.4 Å². The van der Waals surface area contributed by atoms with Gasteiger partial charge in [0.2, 0.25) is 11.8 Å². The summed E-state index contributed by atoms with van der Waals surface area (Å²) in [5.74, 6) is -1.32. The third-order valence-electron chi connectivity index (χ3n) is 11.1. The monoisotopic (exact) mass is 712 g/mol. The van der Waals surface area contributed by atoms with E-state index in [0.717, 1.165) is 68.5 Å². The summed E-state index contributed by atoms with van der Waals surface area (Å²) in [7, 11) is 0. The van der Waals surface area contributed by atoms with Crippen LogP contribution in [0.2, 0.25) is 0 Å². The number of benzene rings is 3. The van der Waals surface area contributed by atoms with Gasteiger partial charge in [-0.15, -0.1) is 0 Å². The van der Waals surface area contributed by atoms with E-state index >= 15 is 0 Å². The van der Waals surface area contributed by atoms with E-state index < -0.39 is 35.3 Å². The van der Waals surface area contributed by atoms with Gasteiger partial charge in [0.1, 0.15) is 17.4 Å². The highest BCUT2D eigenvalue weighted by Gasteiger charge is 2.52. The van der Waals surface area contributed by atoms with Gasteiger partial charge in [-0.2, -0.15) is 0 Å². The van der Waals surface area contributed by atoms with Gasteiger partial charge in [0.15, 0.2) is 0 Å². The molecule has 1 unspecified atom stereocenters. The second-order valence-electron chi connectivity index (χ2n) is 14.9. The van der Waals surface area contributed by atoms with E-state index in [1.165, 1.54) is 0 Å². The van der Waals surface area contributed by atoms with Crippen LogP contribution < -0.4 is 15.1 Å². The first-order valence-electron chi connectivity index (χ1n) is 18.0. The summed E-state index contributed by atoms with van der Waals surface area (Å²) in [6, 6.07) is 18.9. The van der Waals surface area contributed by atoms with Crippen LogP contribution in [-0.2, 0) is 19.9 Å². The van der Waals surface area contributed by atoms with Gasteiger partial charge < -0.3 is 23.9 Å². The molecule has 8 rings (SSSR count). The first kappa shape index (κ1) is 34.3. The zero-order valence-corrected chi connectivity index (χ0v) is 30.2. The van der Waals surface area contributed by atoms with E-state index in [0.29, 0.717) is 26.2 Å². The SMILES string of the molecule is [C-]#[N+]C1(c2ccc(N(CCOC3(C)CN(c4ccc5c(c4)C(=O)N(C4CCC(=O)NC4=O)C5=O)C3)c3cc(-c4c(C)noc4C)ccc3C)cc2)CC1. The average molecular weight is 713 g/mol. The molecule has 3 fully saturated rings. The summed E-state index contributed by atoms with van der Waals surface area (Å²) in [5, 5.41) is 6.41. The number of imide groups is 2. The molecule has 1 saturated carbocycles. The Balaban J connectivity index is 0.976. The molecule has 53 heavy (non-hydrogen) atoms. The fraction of sp³-hybridized carbons (Fsp3) is 0.366. The number of amides is 4. The van der Waals surface area contributed by atoms with Crippen molar-refractivity contribution in [2.75, 3.05) is 36.0 Å². The Morgan fingerprint density at radius 1 is 0.981 bits per heavy atom. The minimum Gasteiger partial charge on any atom is -0.370 e. The number of rotatable bonds is 10. The first-order valence-corrected chi connectivity index (χ1v) is 18.0. The van der Waals surface area contributed by atoms with Gasteiger partial charge in [0, 0.05) is 67.1 Å². The molecule has 3 aromatic carbocycles. The van der Waals surface area contributed by atoms with E-state index in [1.807, 2.05) is 19.9 Å². The van der Waals surface area contributed by atoms with E-state index in [4.69, 9.17) is 15.8 Å². The van der Waals surface area contributed by atoms with Crippen molar-refractivity contribution in [2.24, 2.45) is 0 Å². The Labute approximate surface area is 307 Å². The van der Waals surface area contributed by atoms with Gasteiger partial charge in [-0.1, -0.05) is 17.3 Å². The lowest BCUT2D eigenvalue weighted by Crippen LogP contribution is -2.62. The molecule has 270 valence electrons. The van der Waals surface area contributed by atoms with Crippen LogP contribution in [0.4, 0.5) is 17.1 Å². The number of anilines is 3. The summed E-state index contributed by atoms with van der Waals surface area (Å²) >= 11 is 0. The molecule has 1 aliphatic carbocycles. The van der Waals surface area contributed by atoms with Gasteiger partial charge in [-0.05, 0) is 93.8 Å². The second kappa shape index (κ2) is 12.7. The third kappa shape index (κ3) is 5.95. The van der Waals surface area contributed by atoms with Gasteiger partial charge in [0.05, 0.1) is 23.4 Å². The predicted molar refractivity (Wildman–Crippen MR) is 197 cm³/mol. The lowest BCUT2D eigenvalue weighted by Gasteiger charge is -2.49. The predicted octanol–water partition coefficient (Wildman–Crippen LogP) is 6.01. The van der Waals surface area contributed by atoms with Crippen LogP contribution >= 0.6 is 0 Å². The minimum absolute atomic E-state index is 0.0732. The van der Waals surface area contributed by atoms with Crippen LogP contribution in [0.25, 0.3) is 16.0 Å². The fourth-order valence-electron chi connectivity index (χ4n) is 7.95. The Kier molecular flexibility index (Phi) is 8.22. The standard InChI is InChI=1S/C41H40N6O6/c1-24-6-7-27(36-25(2)44-53-26(36)3)20-34(24)46(29-10-8-28(9-11-29)41(42-5)16-17-41)18-19-52-40(4)22-45(23-40)30-12-13-31-32(21-30)39(51)47(38(31)50)33-14-15-35(48)43-37(33)49/h6-13,20-21,33H,14-19,22-23H2,1-4H3,(H,43,48,49). The number of nitrogens with one attached hydrogen (secondary N) is 1. The molecule has 2 saturated heterocycles. The highest BCUT2D eigenvalue weighted by atomic mass is 16.5. The zero-order valence-electron chi connectivity index (χ0n) is 30.2. The van der Waals surface area contributed by atoms with Crippen molar-refractivity contribution in [1.82, 2.24) is 15.4 Å². The molecule has 1 aromatic heterocycles.